The highest BCUT2D eigenvalue weighted by atomic mass is 35.5. The second-order valence-electron chi connectivity index (χ2n) is 6.06. The Morgan fingerprint density at radius 3 is 2.59 bits per heavy atom. The van der Waals surface area contributed by atoms with E-state index in [4.69, 9.17) is 16.3 Å². The summed E-state index contributed by atoms with van der Waals surface area (Å²) in [6.45, 7) is 2.74. The van der Waals surface area contributed by atoms with Crippen LogP contribution in [0.4, 0.5) is 0 Å². The standard InChI is InChI=1S/C21H17ClN2O2S/c1-3-24-17-9-8-15(22)12-19(17)27-21(24)23-20(25)16-10-13-6-4-5-7-14(13)11-18(16)26-2/h4-12H,3H2,1-2H3. The van der Waals surface area contributed by atoms with Crippen molar-refractivity contribution in [2.45, 2.75) is 13.5 Å². The van der Waals surface area contributed by atoms with Crippen LogP contribution >= 0.6 is 22.9 Å². The molecular formula is C21H17ClN2O2S. The lowest BCUT2D eigenvalue weighted by atomic mass is 10.1. The van der Waals surface area contributed by atoms with Crippen LogP contribution in [0.3, 0.4) is 0 Å². The maximum absolute atomic E-state index is 13.0. The Hall–Kier alpha value is -2.63. The molecule has 0 bridgehead atoms. The Bertz CT molecular complexity index is 1240. The number of aryl methyl sites for hydroxylation is 1. The third-order valence-corrected chi connectivity index (χ3v) is 5.73. The van der Waals surface area contributed by atoms with Gasteiger partial charge < -0.3 is 9.30 Å². The number of hydrogen-bond donors (Lipinski definition) is 0. The number of methoxy groups -OCH3 is 1. The largest absolute Gasteiger partial charge is 0.496 e. The van der Waals surface area contributed by atoms with Crippen molar-refractivity contribution in [2.24, 2.45) is 4.99 Å². The van der Waals surface area contributed by atoms with Crippen LogP contribution in [-0.4, -0.2) is 17.6 Å². The van der Waals surface area contributed by atoms with Crippen molar-refractivity contribution >= 4 is 49.8 Å². The molecule has 0 spiro atoms. The van der Waals surface area contributed by atoms with E-state index in [0.717, 1.165) is 21.0 Å². The number of nitrogens with zero attached hydrogens (tertiary/aromatic N) is 2. The molecule has 1 amide bonds. The first-order valence-corrected chi connectivity index (χ1v) is 9.75. The van der Waals surface area contributed by atoms with Gasteiger partial charge in [0.05, 0.1) is 22.9 Å². The lowest BCUT2D eigenvalue weighted by Gasteiger charge is -2.07. The number of aromatic nitrogens is 1. The topological polar surface area (TPSA) is 43.6 Å². The van der Waals surface area contributed by atoms with E-state index in [9.17, 15) is 4.79 Å². The zero-order chi connectivity index (χ0) is 19.0. The number of fused-ring (bicyclic) bond motifs is 2. The lowest BCUT2D eigenvalue weighted by molar-refractivity contribution is 0.0995. The molecule has 0 unspecified atom stereocenters. The molecule has 136 valence electrons. The van der Waals surface area contributed by atoms with Gasteiger partial charge in [-0.1, -0.05) is 47.2 Å². The van der Waals surface area contributed by atoms with E-state index in [1.807, 2.05) is 66.1 Å². The molecule has 27 heavy (non-hydrogen) atoms. The van der Waals surface area contributed by atoms with Crippen LogP contribution in [0.15, 0.2) is 59.6 Å². The molecule has 0 saturated carbocycles. The van der Waals surface area contributed by atoms with Gasteiger partial charge in [-0.3, -0.25) is 4.79 Å². The summed E-state index contributed by atoms with van der Waals surface area (Å²) in [4.78, 5) is 18.0. The number of carbonyl (C=O) groups excluding carboxylic acids is 1. The summed E-state index contributed by atoms with van der Waals surface area (Å²) in [5, 5.41) is 2.66. The van der Waals surface area contributed by atoms with Crippen LogP contribution in [-0.2, 0) is 6.54 Å². The van der Waals surface area contributed by atoms with Crippen LogP contribution in [0.5, 0.6) is 5.75 Å². The number of rotatable bonds is 3. The first kappa shape index (κ1) is 17.8. The molecule has 4 aromatic rings. The number of halogens is 1. The second-order valence-corrected chi connectivity index (χ2v) is 7.50. The van der Waals surface area contributed by atoms with Gasteiger partial charge in [0, 0.05) is 11.6 Å². The Morgan fingerprint density at radius 1 is 1.15 bits per heavy atom. The fourth-order valence-electron chi connectivity index (χ4n) is 3.14. The Balaban J connectivity index is 1.89. The maximum Gasteiger partial charge on any atom is 0.283 e. The fraction of sp³-hybridized carbons (Fsp3) is 0.143. The third kappa shape index (κ3) is 3.24. The van der Waals surface area contributed by atoms with E-state index in [1.165, 1.54) is 11.3 Å². The van der Waals surface area contributed by atoms with Crippen molar-refractivity contribution in [1.29, 1.82) is 0 Å². The van der Waals surface area contributed by atoms with E-state index in [2.05, 4.69) is 4.99 Å². The highest BCUT2D eigenvalue weighted by Gasteiger charge is 2.14. The molecule has 1 heterocycles. The molecule has 0 aliphatic rings. The summed E-state index contributed by atoms with van der Waals surface area (Å²) >= 11 is 7.56. The van der Waals surface area contributed by atoms with Crippen LogP contribution in [0.2, 0.25) is 5.02 Å². The highest BCUT2D eigenvalue weighted by molar-refractivity contribution is 7.16. The van der Waals surface area contributed by atoms with Gasteiger partial charge in [0.1, 0.15) is 5.75 Å². The molecule has 0 radical (unpaired) electrons. The molecule has 0 aliphatic carbocycles. The zero-order valence-electron chi connectivity index (χ0n) is 14.9. The minimum Gasteiger partial charge on any atom is -0.496 e. The number of thiazole rings is 1. The number of ether oxygens (including phenoxy) is 1. The first-order valence-electron chi connectivity index (χ1n) is 8.55. The molecule has 0 N–H and O–H groups in total. The minimum atomic E-state index is -0.322. The van der Waals surface area contributed by atoms with Gasteiger partial charge in [0.2, 0.25) is 0 Å². The van der Waals surface area contributed by atoms with Crippen LogP contribution in [0.1, 0.15) is 17.3 Å². The molecular weight excluding hydrogens is 380 g/mol. The van der Waals surface area contributed by atoms with E-state index in [1.54, 1.807) is 7.11 Å². The highest BCUT2D eigenvalue weighted by Crippen LogP contribution is 2.27. The maximum atomic E-state index is 13.0. The monoisotopic (exact) mass is 396 g/mol. The Morgan fingerprint density at radius 2 is 1.89 bits per heavy atom. The van der Waals surface area contributed by atoms with E-state index in [0.29, 0.717) is 27.7 Å². The molecule has 4 nitrogen and oxygen atoms in total. The van der Waals surface area contributed by atoms with Gasteiger partial charge in [0.15, 0.2) is 4.80 Å². The smallest absolute Gasteiger partial charge is 0.283 e. The first-order chi connectivity index (χ1) is 13.1. The van der Waals surface area contributed by atoms with Crippen molar-refractivity contribution < 1.29 is 9.53 Å². The number of benzene rings is 3. The molecule has 4 rings (SSSR count). The lowest BCUT2D eigenvalue weighted by Crippen LogP contribution is -2.16. The third-order valence-electron chi connectivity index (χ3n) is 4.46. The van der Waals surface area contributed by atoms with E-state index < -0.39 is 0 Å². The molecule has 0 aliphatic heterocycles. The predicted octanol–water partition coefficient (Wildman–Crippen LogP) is 5.28. The average molecular weight is 397 g/mol. The van der Waals surface area contributed by atoms with Crippen LogP contribution in [0, 0.1) is 0 Å². The number of carbonyl (C=O) groups is 1. The Kier molecular flexibility index (Phi) is 4.72. The SMILES string of the molecule is CCn1c(=NC(=O)c2cc3ccccc3cc2OC)sc2cc(Cl)ccc21. The molecule has 0 fully saturated rings. The summed E-state index contributed by atoms with van der Waals surface area (Å²) in [7, 11) is 1.56. The van der Waals surface area contributed by atoms with Gasteiger partial charge in [0.25, 0.3) is 5.91 Å². The molecule has 3 aromatic carbocycles. The number of amides is 1. The fourth-order valence-corrected chi connectivity index (χ4v) is 4.51. The van der Waals surface area contributed by atoms with Crippen molar-refractivity contribution in [1.82, 2.24) is 4.57 Å². The van der Waals surface area contributed by atoms with Gasteiger partial charge >= 0.3 is 0 Å². The predicted molar refractivity (Wildman–Crippen MR) is 111 cm³/mol. The second kappa shape index (κ2) is 7.18. The van der Waals surface area contributed by atoms with Gasteiger partial charge in [-0.05, 0) is 48.0 Å². The Labute approximate surface area is 165 Å². The quantitative estimate of drug-likeness (QED) is 0.473. The van der Waals surface area contributed by atoms with Gasteiger partial charge in [-0.2, -0.15) is 4.99 Å². The summed E-state index contributed by atoms with van der Waals surface area (Å²) in [6.07, 6.45) is 0. The van der Waals surface area contributed by atoms with Gasteiger partial charge in [-0.25, -0.2) is 0 Å². The minimum absolute atomic E-state index is 0.322. The summed E-state index contributed by atoms with van der Waals surface area (Å²) in [6, 6.07) is 17.3. The van der Waals surface area contributed by atoms with Crippen molar-refractivity contribution in [3.05, 3.63) is 70.0 Å². The van der Waals surface area contributed by atoms with E-state index in [-0.39, 0.29) is 5.91 Å². The normalized spacial score (nSPS) is 12.0. The van der Waals surface area contributed by atoms with Crippen molar-refractivity contribution in [3.8, 4) is 5.75 Å². The molecule has 0 saturated heterocycles. The molecule has 1 aromatic heterocycles. The van der Waals surface area contributed by atoms with Gasteiger partial charge in [-0.15, -0.1) is 0 Å². The summed E-state index contributed by atoms with van der Waals surface area (Å²) in [5.41, 5.74) is 1.47. The van der Waals surface area contributed by atoms with Crippen LogP contribution in [0.25, 0.3) is 21.0 Å². The number of hydrogen-bond acceptors (Lipinski definition) is 3. The van der Waals surface area contributed by atoms with E-state index >= 15 is 0 Å². The summed E-state index contributed by atoms with van der Waals surface area (Å²) in [5.74, 6) is 0.201. The average Bonchev–Trinajstić information content (AvgIpc) is 3.02. The van der Waals surface area contributed by atoms with Crippen molar-refractivity contribution in [2.75, 3.05) is 7.11 Å². The van der Waals surface area contributed by atoms with Crippen molar-refractivity contribution in [3.63, 3.8) is 0 Å². The summed E-state index contributed by atoms with van der Waals surface area (Å²) < 4.78 is 8.46. The molecule has 0 atom stereocenters. The zero-order valence-corrected chi connectivity index (χ0v) is 16.5. The van der Waals surface area contributed by atoms with Crippen LogP contribution < -0.4 is 9.54 Å². The molecule has 6 heteroatoms.